The van der Waals surface area contributed by atoms with Crippen molar-refractivity contribution in [1.82, 2.24) is 10.3 Å². The number of nitrogens with zero attached hydrogens (tertiary/aromatic N) is 1. The van der Waals surface area contributed by atoms with E-state index in [0.29, 0.717) is 22.3 Å². The highest BCUT2D eigenvalue weighted by Crippen LogP contribution is 2.34. The standard InChI is InChI=1S/C27H23N5O4S/c1-2-17(19-3-5-23-22(13-19)21(9-12-31-23)18-7-10-30-11-8-18)14-26(27(28)29)37(33,34)32-20-4-6-24-25(15-20)36-16-35-24/h2-15,30,32H,1,16H2,(H3,28,29). The summed E-state index contributed by atoms with van der Waals surface area (Å²) in [7, 11) is -4.22. The third-order valence-corrected chi connectivity index (χ3v) is 7.21. The van der Waals surface area contributed by atoms with Crippen LogP contribution in [-0.4, -0.2) is 26.0 Å². The highest BCUT2D eigenvalue weighted by atomic mass is 32.2. The molecule has 0 amide bonds. The van der Waals surface area contributed by atoms with Gasteiger partial charge in [0.25, 0.3) is 10.0 Å². The molecule has 0 spiro atoms. The van der Waals surface area contributed by atoms with E-state index in [0.717, 1.165) is 21.7 Å². The number of allylic oxidation sites excluding steroid dienone is 4. The molecule has 0 saturated heterocycles. The number of nitrogens with two attached hydrogens (primary N) is 1. The first-order chi connectivity index (χ1) is 17.9. The van der Waals surface area contributed by atoms with Gasteiger partial charge in [-0.3, -0.25) is 15.1 Å². The molecule has 9 nitrogen and oxygen atoms in total. The third-order valence-electron chi connectivity index (χ3n) is 5.79. The summed E-state index contributed by atoms with van der Waals surface area (Å²) in [5.41, 5.74) is 8.23. The number of aromatic nitrogens is 1. The average Bonchev–Trinajstić information content (AvgIpc) is 3.36. The SMILES string of the molecule is C=CC(C=C(C(=N)N)S(=O)(=O)Nc1ccc2c(c1)OCO2)=c1ccc2nccc(=C3C=CNC=C3)c2c1. The number of hydrogen-bond donors (Lipinski definition) is 4. The van der Waals surface area contributed by atoms with Crippen LogP contribution in [0.15, 0.2) is 96.8 Å². The van der Waals surface area contributed by atoms with Crippen LogP contribution in [-0.2, 0) is 10.0 Å². The number of fused-ring (bicyclic) bond motifs is 2. The minimum Gasteiger partial charge on any atom is -0.454 e. The fourth-order valence-electron chi connectivity index (χ4n) is 4.02. The number of benzene rings is 2. The van der Waals surface area contributed by atoms with Gasteiger partial charge >= 0.3 is 0 Å². The first-order valence-corrected chi connectivity index (χ1v) is 12.7. The summed E-state index contributed by atoms with van der Waals surface area (Å²) < 4.78 is 39.5. The van der Waals surface area contributed by atoms with Gasteiger partial charge in [-0.15, -0.1) is 0 Å². The summed E-state index contributed by atoms with van der Waals surface area (Å²) in [4.78, 5) is 4.06. The smallest absolute Gasteiger partial charge is 0.265 e. The number of sulfonamides is 1. The van der Waals surface area contributed by atoms with Crippen LogP contribution in [0.2, 0.25) is 0 Å². The highest BCUT2D eigenvalue weighted by Gasteiger charge is 2.22. The number of rotatable bonds is 6. The number of ether oxygens (including phenoxy) is 2. The van der Waals surface area contributed by atoms with Gasteiger partial charge in [-0.25, -0.2) is 8.42 Å². The monoisotopic (exact) mass is 513 g/mol. The second-order valence-corrected chi connectivity index (χ2v) is 9.79. The summed E-state index contributed by atoms with van der Waals surface area (Å²) in [5.74, 6) is 0.325. The first kappa shape index (κ1) is 23.9. The van der Waals surface area contributed by atoms with Crippen molar-refractivity contribution in [3.8, 4) is 11.5 Å². The number of dihydropyridines is 1. The third kappa shape index (κ3) is 4.82. The second-order valence-electron chi connectivity index (χ2n) is 8.13. The molecule has 0 radical (unpaired) electrons. The van der Waals surface area contributed by atoms with Gasteiger partial charge in [0.2, 0.25) is 6.79 Å². The van der Waals surface area contributed by atoms with E-state index in [1.807, 2.05) is 48.8 Å². The van der Waals surface area contributed by atoms with Gasteiger partial charge in [0.05, 0.1) is 11.2 Å². The Hall–Kier alpha value is -4.83. The molecular weight excluding hydrogens is 490 g/mol. The number of amidine groups is 1. The molecule has 2 aliphatic rings. The molecule has 0 aliphatic carbocycles. The number of anilines is 1. The lowest BCUT2D eigenvalue weighted by Crippen LogP contribution is -2.25. The molecule has 186 valence electrons. The topological polar surface area (TPSA) is 139 Å². The summed E-state index contributed by atoms with van der Waals surface area (Å²) >= 11 is 0. The Morgan fingerprint density at radius 3 is 2.65 bits per heavy atom. The van der Waals surface area contributed by atoms with Crippen LogP contribution in [0.25, 0.3) is 22.0 Å². The molecule has 0 bridgehead atoms. The van der Waals surface area contributed by atoms with E-state index in [1.165, 1.54) is 18.2 Å². The van der Waals surface area contributed by atoms with Crippen LogP contribution in [0.1, 0.15) is 0 Å². The Morgan fingerprint density at radius 2 is 1.89 bits per heavy atom. The van der Waals surface area contributed by atoms with E-state index in [4.69, 9.17) is 20.6 Å². The van der Waals surface area contributed by atoms with Crippen molar-refractivity contribution in [2.45, 2.75) is 0 Å². The Morgan fingerprint density at radius 1 is 1.11 bits per heavy atom. The Balaban J connectivity index is 1.63. The van der Waals surface area contributed by atoms with Crippen molar-refractivity contribution in [2.24, 2.45) is 5.73 Å². The molecule has 0 unspecified atom stereocenters. The maximum atomic E-state index is 13.2. The lowest BCUT2D eigenvalue weighted by atomic mass is 10.0. The predicted octanol–water partition coefficient (Wildman–Crippen LogP) is 2.34. The van der Waals surface area contributed by atoms with Gasteiger partial charge in [0, 0.05) is 30.0 Å². The molecule has 0 saturated carbocycles. The van der Waals surface area contributed by atoms with E-state index < -0.39 is 20.8 Å². The van der Waals surface area contributed by atoms with Crippen LogP contribution in [0.5, 0.6) is 11.5 Å². The molecule has 5 rings (SSSR count). The molecule has 2 aromatic carbocycles. The maximum absolute atomic E-state index is 13.2. The molecule has 3 heterocycles. The summed E-state index contributed by atoms with van der Waals surface area (Å²) in [6.45, 7) is 3.92. The number of nitrogens with one attached hydrogen (secondary N) is 3. The van der Waals surface area contributed by atoms with Crippen LogP contribution >= 0.6 is 0 Å². The lowest BCUT2D eigenvalue weighted by molar-refractivity contribution is 0.174. The molecule has 3 aromatic rings. The fraction of sp³-hybridized carbons (Fsp3) is 0.0370. The van der Waals surface area contributed by atoms with Gasteiger partial charge in [-0.05, 0) is 70.1 Å². The second kappa shape index (κ2) is 9.67. The van der Waals surface area contributed by atoms with Crippen molar-refractivity contribution in [1.29, 1.82) is 5.41 Å². The number of pyridine rings is 1. The molecule has 2 aliphatic heterocycles. The zero-order chi connectivity index (χ0) is 26.0. The predicted molar refractivity (Wildman–Crippen MR) is 145 cm³/mol. The summed E-state index contributed by atoms with van der Waals surface area (Å²) in [5, 5.41) is 13.5. The zero-order valence-corrected chi connectivity index (χ0v) is 20.4. The molecule has 10 heteroatoms. The van der Waals surface area contributed by atoms with Gasteiger partial charge < -0.3 is 20.5 Å². The van der Waals surface area contributed by atoms with E-state index in [9.17, 15) is 8.42 Å². The van der Waals surface area contributed by atoms with E-state index in [-0.39, 0.29) is 12.5 Å². The minimum atomic E-state index is -4.22. The van der Waals surface area contributed by atoms with Crippen molar-refractivity contribution in [3.05, 3.63) is 107 Å². The van der Waals surface area contributed by atoms with E-state index >= 15 is 0 Å². The normalized spacial score (nSPS) is 15.4. The van der Waals surface area contributed by atoms with Crippen LogP contribution in [0, 0.1) is 5.41 Å². The highest BCUT2D eigenvalue weighted by molar-refractivity contribution is 7.97. The van der Waals surface area contributed by atoms with Crippen molar-refractivity contribution < 1.29 is 17.9 Å². The van der Waals surface area contributed by atoms with Crippen LogP contribution < -0.4 is 35.7 Å². The van der Waals surface area contributed by atoms with Crippen molar-refractivity contribution >= 4 is 43.6 Å². The van der Waals surface area contributed by atoms with Gasteiger partial charge in [0.1, 0.15) is 10.7 Å². The van der Waals surface area contributed by atoms with E-state index in [2.05, 4.69) is 21.6 Å². The quantitative estimate of drug-likeness (QED) is 0.293. The fourth-order valence-corrected chi connectivity index (χ4v) is 5.13. The minimum absolute atomic E-state index is 0.0630. The summed E-state index contributed by atoms with van der Waals surface area (Å²) in [6, 6.07) is 12.2. The van der Waals surface area contributed by atoms with Crippen LogP contribution in [0.4, 0.5) is 5.69 Å². The average molecular weight is 514 g/mol. The lowest BCUT2D eigenvalue weighted by Gasteiger charge is -2.11. The van der Waals surface area contributed by atoms with Crippen molar-refractivity contribution in [2.75, 3.05) is 11.5 Å². The maximum Gasteiger partial charge on any atom is 0.265 e. The van der Waals surface area contributed by atoms with E-state index in [1.54, 1.807) is 18.3 Å². The molecule has 0 atom stereocenters. The Labute approximate surface area is 213 Å². The summed E-state index contributed by atoms with van der Waals surface area (Å²) in [6.07, 6.45) is 12.2. The Bertz CT molecular complexity index is 1760. The van der Waals surface area contributed by atoms with Gasteiger partial charge in [0.15, 0.2) is 11.5 Å². The molecule has 1 aromatic heterocycles. The van der Waals surface area contributed by atoms with Gasteiger partial charge in [-0.1, -0.05) is 18.7 Å². The van der Waals surface area contributed by atoms with Gasteiger partial charge in [-0.2, -0.15) is 0 Å². The number of hydrogen-bond acceptors (Lipinski definition) is 7. The van der Waals surface area contributed by atoms with Crippen LogP contribution in [0.3, 0.4) is 0 Å². The molecular formula is C27H23N5O4S. The zero-order valence-electron chi connectivity index (χ0n) is 19.6. The molecule has 5 N–H and O–H groups in total. The largest absolute Gasteiger partial charge is 0.454 e. The first-order valence-electron chi connectivity index (χ1n) is 11.2. The molecule has 37 heavy (non-hydrogen) atoms. The van der Waals surface area contributed by atoms with Crippen molar-refractivity contribution in [3.63, 3.8) is 0 Å². The Kier molecular flexibility index (Phi) is 6.24. The molecule has 0 fully saturated rings.